The van der Waals surface area contributed by atoms with Crippen molar-refractivity contribution in [2.24, 2.45) is 0 Å². The standard InChI is InChI=1S/C9H12N2O2/c1-10-3-4-11(2)9-7(13)5-6(12)8(9)10/h3-4,8-9H,5H2,1-2H3. The molecule has 1 aliphatic carbocycles. The van der Waals surface area contributed by atoms with Gasteiger partial charge in [0.1, 0.15) is 12.1 Å². The summed E-state index contributed by atoms with van der Waals surface area (Å²) in [5.74, 6) is 0.0717. The fourth-order valence-electron chi connectivity index (χ4n) is 2.03. The maximum Gasteiger partial charge on any atom is 0.165 e. The van der Waals surface area contributed by atoms with Crippen molar-refractivity contribution < 1.29 is 9.59 Å². The molecule has 2 rings (SSSR count). The van der Waals surface area contributed by atoms with E-state index < -0.39 is 0 Å². The van der Waals surface area contributed by atoms with E-state index in [0.717, 1.165) is 0 Å². The Morgan fingerprint density at radius 2 is 1.46 bits per heavy atom. The van der Waals surface area contributed by atoms with Crippen LogP contribution in [0.15, 0.2) is 12.4 Å². The van der Waals surface area contributed by atoms with Crippen molar-refractivity contribution in [3.8, 4) is 0 Å². The molecule has 0 aromatic rings. The molecule has 2 atom stereocenters. The largest absolute Gasteiger partial charge is 0.367 e. The highest BCUT2D eigenvalue weighted by Crippen LogP contribution is 2.25. The Hall–Kier alpha value is -1.32. The van der Waals surface area contributed by atoms with Crippen molar-refractivity contribution in [2.45, 2.75) is 18.5 Å². The summed E-state index contributed by atoms with van der Waals surface area (Å²) in [6.07, 6.45) is 3.75. The van der Waals surface area contributed by atoms with E-state index in [-0.39, 0.29) is 30.1 Å². The van der Waals surface area contributed by atoms with Crippen molar-refractivity contribution in [3.05, 3.63) is 12.4 Å². The highest BCUT2D eigenvalue weighted by atomic mass is 16.2. The van der Waals surface area contributed by atoms with Crippen LogP contribution in [-0.4, -0.2) is 47.5 Å². The van der Waals surface area contributed by atoms with Crippen molar-refractivity contribution >= 4 is 11.6 Å². The summed E-state index contributed by atoms with van der Waals surface area (Å²) in [5.41, 5.74) is 0. The average molecular weight is 180 g/mol. The minimum atomic E-state index is -0.262. The van der Waals surface area contributed by atoms with Gasteiger partial charge in [-0.05, 0) is 0 Å². The lowest BCUT2D eigenvalue weighted by Gasteiger charge is -2.36. The molecule has 1 heterocycles. The molecule has 1 aliphatic heterocycles. The topological polar surface area (TPSA) is 40.6 Å². The first-order chi connectivity index (χ1) is 6.11. The van der Waals surface area contributed by atoms with Gasteiger partial charge in [-0.15, -0.1) is 0 Å². The number of nitrogens with zero attached hydrogens (tertiary/aromatic N) is 2. The molecule has 0 spiro atoms. The molecule has 0 saturated heterocycles. The Bertz CT molecular complexity index is 270. The van der Waals surface area contributed by atoms with Crippen LogP contribution in [0.25, 0.3) is 0 Å². The van der Waals surface area contributed by atoms with Crippen LogP contribution < -0.4 is 0 Å². The predicted octanol–water partition coefficient (Wildman–Crippen LogP) is -0.386. The van der Waals surface area contributed by atoms with E-state index in [1.165, 1.54) is 0 Å². The van der Waals surface area contributed by atoms with Crippen molar-refractivity contribution in [2.75, 3.05) is 14.1 Å². The van der Waals surface area contributed by atoms with E-state index in [9.17, 15) is 9.59 Å². The third kappa shape index (κ3) is 1.05. The second-order valence-corrected chi connectivity index (χ2v) is 3.63. The van der Waals surface area contributed by atoms with E-state index in [4.69, 9.17) is 0 Å². The van der Waals surface area contributed by atoms with Crippen LogP contribution in [-0.2, 0) is 9.59 Å². The summed E-state index contributed by atoms with van der Waals surface area (Å²) in [5, 5.41) is 0. The van der Waals surface area contributed by atoms with Gasteiger partial charge in [0.05, 0.1) is 6.42 Å². The van der Waals surface area contributed by atoms with Gasteiger partial charge >= 0.3 is 0 Å². The highest BCUT2D eigenvalue weighted by Gasteiger charge is 2.46. The van der Waals surface area contributed by atoms with Gasteiger partial charge in [-0.3, -0.25) is 9.59 Å². The maximum absolute atomic E-state index is 11.5. The lowest BCUT2D eigenvalue weighted by Crippen LogP contribution is -2.51. The number of likely N-dealkylation sites (N-methyl/N-ethyl adjacent to an activating group) is 2. The molecule has 0 amide bonds. The molecule has 1 fully saturated rings. The third-order valence-corrected chi connectivity index (χ3v) is 2.72. The first kappa shape index (κ1) is 8.29. The highest BCUT2D eigenvalue weighted by molar-refractivity contribution is 6.12. The van der Waals surface area contributed by atoms with Crippen LogP contribution in [0.2, 0.25) is 0 Å². The van der Waals surface area contributed by atoms with E-state index in [0.29, 0.717) is 0 Å². The van der Waals surface area contributed by atoms with Gasteiger partial charge in [0, 0.05) is 26.5 Å². The van der Waals surface area contributed by atoms with Gasteiger partial charge in [-0.1, -0.05) is 0 Å². The summed E-state index contributed by atoms with van der Waals surface area (Å²) in [6, 6.07) is -0.523. The Balaban J connectivity index is 2.38. The molecule has 4 heteroatoms. The number of fused-ring (bicyclic) bond motifs is 1. The molecule has 2 aliphatic rings. The first-order valence-electron chi connectivity index (χ1n) is 4.29. The van der Waals surface area contributed by atoms with E-state index >= 15 is 0 Å². The summed E-state index contributed by atoms with van der Waals surface area (Å²) < 4.78 is 0. The Kier molecular flexibility index (Phi) is 1.65. The van der Waals surface area contributed by atoms with E-state index in [1.54, 1.807) is 0 Å². The normalized spacial score (nSPS) is 32.8. The fourth-order valence-corrected chi connectivity index (χ4v) is 2.03. The molecule has 0 aromatic carbocycles. The number of rotatable bonds is 0. The molecule has 1 saturated carbocycles. The number of carbonyl (C=O) groups excluding carboxylic acids is 2. The molecule has 0 radical (unpaired) electrons. The molecule has 2 unspecified atom stereocenters. The summed E-state index contributed by atoms with van der Waals surface area (Å²) >= 11 is 0. The summed E-state index contributed by atoms with van der Waals surface area (Å²) in [4.78, 5) is 26.5. The van der Waals surface area contributed by atoms with Gasteiger partial charge in [0.25, 0.3) is 0 Å². The maximum atomic E-state index is 11.5. The molecule has 0 aromatic heterocycles. The van der Waals surface area contributed by atoms with Gasteiger partial charge in [-0.2, -0.15) is 0 Å². The Morgan fingerprint density at radius 3 is 1.85 bits per heavy atom. The number of ketones is 2. The first-order valence-corrected chi connectivity index (χ1v) is 4.29. The molecule has 70 valence electrons. The molecule has 0 N–H and O–H groups in total. The Morgan fingerprint density at radius 1 is 1.08 bits per heavy atom. The van der Waals surface area contributed by atoms with Crippen LogP contribution in [0, 0.1) is 0 Å². The van der Waals surface area contributed by atoms with Gasteiger partial charge in [0.2, 0.25) is 0 Å². The van der Waals surface area contributed by atoms with Crippen LogP contribution in [0.3, 0.4) is 0 Å². The van der Waals surface area contributed by atoms with Gasteiger partial charge in [0.15, 0.2) is 11.6 Å². The zero-order valence-corrected chi connectivity index (χ0v) is 7.73. The minimum Gasteiger partial charge on any atom is -0.367 e. The number of Topliss-reactive ketones (excluding diaryl/α,β-unsaturated/α-hetero) is 2. The molecular weight excluding hydrogens is 168 g/mol. The van der Waals surface area contributed by atoms with Crippen LogP contribution in [0.5, 0.6) is 0 Å². The predicted molar refractivity (Wildman–Crippen MR) is 46.9 cm³/mol. The van der Waals surface area contributed by atoms with Crippen LogP contribution in [0.1, 0.15) is 6.42 Å². The van der Waals surface area contributed by atoms with Crippen molar-refractivity contribution in [1.82, 2.24) is 9.80 Å². The van der Waals surface area contributed by atoms with Gasteiger partial charge < -0.3 is 9.80 Å². The van der Waals surface area contributed by atoms with Gasteiger partial charge in [-0.25, -0.2) is 0 Å². The van der Waals surface area contributed by atoms with E-state index in [1.807, 2.05) is 36.3 Å². The Labute approximate surface area is 76.8 Å². The van der Waals surface area contributed by atoms with E-state index in [2.05, 4.69) is 0 Å². The quantitative estimate of drug-likeness (QED) is 0.476. The molecule has 13 heavy (non-hydrogen) atoms. The molecule has 4 nitrogen and oxygen atoms in total. The molecule has 0 bridgehead atoms. The third-order valence-electron chi connectivity index (χ3n) is 2.72. The number of hydrogen-bond acceptors (Lipinski definition) is 4. The summed E-state index contributed by atoms with van der Waals surface area (Å²) in [7, 11) is 3.66. The second-order valence-electron chi connectivity index (χ2n) is 3.63. The fraction of sp³-hybridized carbons (Fsp3) is 0.556. The zero-order chi connectivity index (χ0) is 9.59. The smallest absolute Gasteiger partial charge is 0.165 e. The molecular formula is C9H12N2O2. The van der Waals surface area contributed by atoms with Crippen molar-refractivity contribution in [3.63, 3.8) is 0 Å². The minimum absolute atomic E-state index is 0.0358. The van der Waals surface area contributed by atoms with Crippen LogP contribution in [0.4, 0.5) is 0 Å². The number of carbonyl (C=O) groups is 2. The monoisotopic (exact) mass is 180 g/mol. The summed E-state index contributed by atoms with van der Waals surface area (Å²) in [6.45, 7) is 0. The second kappa shape index (κ2) is 2.58. The lowest BCUT2D eigenvalue weighted by molar-refractivity contribution is -0.122. The number of hydrogen-bond donors (Lipinski definition) is 0. The SMILES string of the molecule is CN1C=CN(C)C2C(=O)CC(=O)C21. The average Bonchev–Trinajstić information content (AvgIpc) is 2.36. The van der Waals surface area contributed by atoms with Crippen LogP contribution >= 0.6 is 0 Å². The van der Waals surface area contributed by atoms with Crippen molar-refractivity contribution in [1.29, 1.82) is 0 Å². The lowest BCUT2D eigenvalue weighted by atomic mass is 10.1. The zero-order valence-electron chi connectivity index (χ0n) is 7.73.